The van der Waals surface area contributed by atoms with Crippen LogP contribution < -0.4 is 16.7 Å². The molecule has 0 radical (unpaired) electrons. The fourth-order valence-electron chi connectivity index (χ4n) is 3.80. The maximum absolute atomic E-state index is 13.2. The average Bonchev–Trinajstić information content (AvgIpc) is 3.02. The molecule has 0 bridgehead atoms. The zero-order valence-corrected chi connectivity index (χ0v) is 18.3. The molecule has 0 aliphatic rings. The van der Waals surface area contributed by atoms with Crippen molar-refractivity contribution in [2.45, 2.75) is 13.8 Å². The van der Waals surface area contributed by atoms with Crippen molar-refractivity contribution in [3.05, 3.63) is 58.5 Å². The van der Waals surface area contributed by atoms with Gasteiger partial charge in [-0.1, -0.05) is 6.07 Å². The van der Waals surface area contributed by atoms with E-state index in [0.717, 1.165) is 44.4 Å². The first-order valence-electron chi connectivity index (χ1n) is 9.91. The largest absolute Gasteiger partial charge is 0.401 e. The zero-order chi connectivity index (χ0) is 22.3. The van der Waals surface area contributed by atoms with E-state index in [9.17, 15) is 4.79 Å². The lowest BCUT2D eigenvalue weighted by Gasteiger charge is -2.11. The Morgan fingerprint density at radius 2 is 1.97 bits per heavy atom. The van der Waals surface area contributed by atoms with Crippen molar-refractivity contribution >= 4 is 39.5 Å². The number of hydrogen-bond acceptors (Lipinski definition) is 6. The van der Waals surface area contributed by atoms with Gasteiger partial charge in [0.15, 0.2) is 0 Å². The summed E-state index contributed by atoms with van der Waals surface area (Å²) in [5.74, 6) is 0. The van der Waals surface area contributed by atoms with Gasteiger partial charge in [0, 0.05) is 50.2 Å². The van der Waals surface area contributed by atoms with E-state index in [1.165, 1.54) is 0 Å². The molecule has 4 aromatic rings. The van der Waals surface area contributed by atoms with Crippen LogP contribution in [0.2, 0.25) is 0 Å². The number of anilines is 1. The highest BCUT2D eigenvalue weighted by molar-refractivity contribution is 6.11. The lowest BCUT2D eigenvalue weighted by atomic mass is 10.0. The summed E-state index contributed by atoms with van der Waals surface area (Å²) in [5.41, 5.74) is 13.1. The molecule has 0 aliphatic carbocycles. The normalized spacial score (nSPS) is 12.7. The Hall–Kier alpha value is -3.94. The molecule has 3 heterocycles. The average molecular weight is 416 g/mol. The van der Waals surface area contributed by atoms with Crippen molar-refractivity contribution in [2.75, 3.05) is 19.4 Å². The molecule has 3 aromatic heterocycles. The first-order chi connectivity index (χ1) is 14.9. The predicted molar refractivity (Wildman–Crippen MR) is 127 cm³/mol. The fraction of sp³-hybridized carbons (Fsp3) is 0.217. The standard InChI is InChI=1S/C23H25N7O/c1-13(24)20(11-25-3)30-22-17-8-15(16-9-19(26-4)14(2)27-10-16)6-7-18(17)28-12-21(22)29(5)23(30)31/h6-12,26H,24H2,1-5H3. The minimum absolute atomic E-state index is 0.205. The van der Waals surface area contributed by atoms with Gasteiger partial charge in [-0.25, -0.2) is 4.79 Å². The van der Waals surface area contributed by atoms with Crippen LogP contribution in [-0.4, -0.2) is 39.4 Å². The second-order valence-electron chi connectivity index (χ2n) is 7.46. The Labute approximate surface area is 179 Å². The minimum atomic E-state index is -0.205. The van der Waals surface area contributed by atoms with E-state index >= 15 is 0 Å². The summed E-state index contributed by atoms with van der Waals surface area (Å²) in [6, 6.07) is 8.07. The third-order valence-electron chi connectivity index (χ3n) is 5.47. The van der Waals surface area contributed by atoms with Gasteiger partial charge in [0.1, 0.15) is 0 Å². The van der Waals surface area contributed by atoms with E-state index in [1.807, 2.05) is 38.4 Å². The number of aliphatic imine (C=N–C) groups is 1. The van der Waals surface area contributed by atoms with E-state index in [1.54, 1.807) is 42.6 Å². The summed E-state index contributed by atoms with van der Waals surface area (Å²) in [4.78, 5) is 26.3. The zero-order valence-electron chi connectivity index (χ0n) is 18.3. The molecule has 158 valence electrons. The lowest BCUT2D eigenvalue weighted by Crippen LogP contribution is -2.23. The fourth-order valence-corrected chi connectivity index (χ4v) is 3.80. The van der Waals surface area contributed by atoms with Gasteiger partial charge in [-0.15, -0.1) is 0 Å². The van der Waals surface area contributed by atoms with Crippen molar-refractivity contribution in [1.82, 2.24) is 19.1 Å². The van der Waals surface area contributed by atoms with Crippen molar-refractivity contribution in [1.29, 1.82) is 0 Å². The minimum Gasteiger partial charge on any atom is -0.401 e. The summed E-state index contributed by atoms with van der Waals surface area (Å²) in [6.07, 6.45) is 5.17. The van der Waals surface area contributed by atoms with E-state index in [-0.39, 0.29) is 5.69 Å². The first-order valence-corrected chi connectivity index (χ1v) is 9.91. The summed E-state index contributed by atoms with van der Waals surface area (Å²) in [6.45, 7) is 3.72. The number of benzene rings is 1. The van der Waals surface area contributed by atoms with Crippen molar-refractivity contribution < 1.29 is 0 Å². The molecule has 3 N–H and O–H groups in total. The summed E-state index contributed by atoms with van der Waals surface area (Å²) < 4.78 is 3.19. The van der Waals surface area contributed by atoms with Crippen LogP contribution in [0.1, 0.15) is 12.6 Å². The van der Waals surface area contributed by atoms with Crippen LogP contribution in [0.5, 0.6) is 0 Å². The van der Waals surface area contributed by atoms with Gasteiger partial charge >= 0.3 is 5.69 Å². The number of allylic oxidation sites excluding steroid dienone is 2. The highest BCUT2D eigenvalue weighted by Gasteiger charge is 2.18. The van der Waals surface area contributed by atoms with E-state index < -0.39 is 0 Å². The predicted octanol–water partition coefficient (Wildman–Crippen LogP) is 3.15. The third-order valence-corrected chi connectivity index (χ3v) is 5.47. The topological polar surface area (TPSA) is 103 Å². The molecule has 0 spiro atoms. The van der Waals surface area contributed by atoms with Crippen LogP contribution in [0.3, 0.4) is 0 Å². The lowest BCUT2D eigenvalue weighted by molar-refractivity contribution is 0.854. The number of hydrogen-bond donors (Lipinski definition) is 2. The summed E-state index contributed by atoms with van der Waals surface area (Å²) in [5, 5.41) is 4.02. The number of pyridine rings is 2. The van der Waals surface area contributed by atoms with Gasteiger partial charge in [0.2, 0.25) is 0 Å². The van der Waals surface area contributed by atoms with Crippen LogP contribution in [-0.2, 0) is 7.05 Å². The Kier molecular flexibility index (Phi) is 5.06. The number of nitrogens with one attached hydrogen (secondary N) is 1. The van der Waals surface area contributed by atoms with Gasteiger partial charge in [-0.2, -0.15) is 0 Å². The second-order valence-corrected chi connectivity index (χ2v) is 7.46. The quantitative estimate of drug-likeness (QED) is 0.499. The number of fused-ring (bicyclic) bond motifs is 3. The smallest absolute Gasteiger partial charge is 0.333 e. The van der Waals surface area contributed by atoms with Gasteiger partial charge < -0.3 is 11.1 Å². The van der Waals surface area contributed by atoms with Crippen LogP contribution >= 0.6 is 0 Å². The van der Waals surface area contributed by atoms with Crippen LogP contribution in [0, 0.1) is 6.92 Å². The van der Waals surface area contributed by atoms with Gasteiger partial charge in [0.25, 0.3) is 0 Å². The molecule has 0 atom stereocenters. The van der Waals surface area contributed by atoms with Crippen LogP contribution in [0.4, 0.5) is 5.69 Å². The number of aromatic nitrogens is 4. The molecular formula is C23H25N7O. The van der Waals surface area contributed by atoms with Crippen LogP contribution in [0.15, 0.2) is 52.1 Å². The molecular weight excluding hydrogens is 390 g/mol. The maximum atomic E-state index is 13.2. The van der Waals surface area contributed by atoms with Gasteiger partial charge in [-0.3, -0.25) is 24.1 Å². The molecule has 0 saturated heterocycles. The number of aryl methyl sites for hydroxylation is 2. The monoisotopic (exact) mass is 415 g/mol. The number of imidazole rings is 1. The molecule has 0 fully saturated rings. The first kappa shape index (κ1) is 20.3. The van der Waals surface area contributed by atoms with E-state index in [4.69, 9.17) is 5.73 Å². The SMILES string of the molecule is CN=CC(=C(C)N)n1c(=O)n(C)c2cnc3ccc(-c4cnc(C)c(NC)c4)cc3c21. The summed E-state index contributed by atoms with van der Waals surface area (Å²) in [7, 11) is 5.26. The Bertz CT molecular complexity index is 1440. The molecule has 8 nitrogen and oxygen atoms in total. The number of rotatable bonds is 4. The van der Waals surface area contributed by atoms with Crippen LogP contribution in [0.25, 0.3) is 38.8 Å². The molecule has 0 aliphatic heterocycles. The van der Waals surface area contributed by atoms with Gasteiger partial charge in [-0.05, 0) is 37.6 Å². The third kappa shape index (κ3) is 3.26. The van der Waals surface area contributed by atoms with Gasteiger partial charge in [0.05, 0.1) is 39.8 Å². The number of nitrogens with zero attached hydrogens (tertiary/aromatic N) is 5. The molecule has 1 aromatic carbocycles. The highest BCUT2D eigenvalue weighted by Crippen LogP contribution is 2.30. The second kappa shape index (κ2) is 7.71. The molecule has 0 unspecified atom stereocenters. The van der Waals surface area contributed by atoms with Crippen molar-refractivity contribution in [2.24, 2.45) is 17.8 Å². The van der Waals surface area contributed by atoms with Crippen molar-refractivity contribution in [3.63, 3.8) is 0 Å². The number of nitrogens with two attached hydrogens (primary N) is 1. The summed E-state index contributed by atoms with van der Waals surface area (Å²) >= 11 is 0. The Morgan fingerprint density at radius 3 is 2.65 bits per heavy atom. The Morgan fingerprint density at radius 1 is 1.19 bits per heavy atom. The van der Waals surface area contributed by atoms with E-state index in [2.05, 4.69) is 26.3 Å². The molecule has 0 amide bonds. The molecule has 4 rings (SSSR count). The highest BCUT2D eigenvalue weighted by atomic mass is 16.1. The Balaban J connectivity index is 2.10. The van der Waals surface area contributed by atoms with E-state index in [0.29, 0.717) is 11.4 Å². The van der Waals surface area contributed by atoms with Crippen molar-refractivity contribution in [3.8, 4) is 11.1 Å². The maximum Gasteiger partial charge on any atom is 0.333 e. The molecule has 31 heavy (non-hydrogen) atoms. The molecule has 0 saturated carbocycles. The molecule has 8 heteroatoms.